The number of carboxylic acid groups (broad SMARTS) is 1. The highest BCUT2D eigenvalue weighted by molar-refractivity contribution is 7.89. The van der Waals surface area contributed by atoms with Crippen molar-refractivity contribution < 1.29 is 18.3 Å². The van der Waals surface area contributed by atoms with Crippen molar-refractivity contribution in [3.8, 4) is 0 Å². The zero-order valence-corrected chi connectivity index (χ0v) is 13.9. The second-order valence-corrected chi connectivity index (χ2v) is 8.80. The monoisotopic (exact) mass is 331 g/mol. The van der Waals surface area contributed by atoms with Crippen LogP contribution in [0.2, 0.25) is 0 Å². The molecule has 0 unspecified atom stereocenters. The summed E-state index contributed by atoms with van der Waals surface area (Å²) in [4.78, 5) is 13.5. The van der Waals surface area contributed by atoms with Crippen LogP contribution >= 0.6 is 11.3 Å². The predicted octanol–water partition coefficient (Wildman–Crippen LogP) is 2.82. The van der Waals surface area contributed by atoms with Crippen molar-refractivity contribution in [1.82, 2.24) is 4.72 Å². The Hall–Kier alpha value is -0.920. The van der Waals surface area contributed by atoms with E-state index in [4.69, 9.17) is 0 Å². The smallest absolute Gasteiger partial charge is 0.324 e. The van der Waals surface area contributed by atoms with Crippen LogP contribution < -0.4 is 4.72 Å². The maximum Gasteiger partial charge on any atom is 0.324 e. The molecule has 0 aromatic carbocycles. The lowest BCUT2D eigenvalue weighted by molar-refractivity contribution is -0.144. The molecule has 0 atom stereocenters. The van der Waals surface area contributed by atoms with Gasteiger partial charge in [-0.25, -0.2) is 8.42 Å². The molecule has 2 rings (SSSR count). The fourth-order valence-corrected chi connectivity index (χ4v) is 5.85. The van der Waals surface area contributed by atoms with Gasteiger partial charge in [-0.05, 0) is 32.8 Å². The molecule has 7 heteroatoms. The van der Waals surface area contributed by atoms with Crippen molar-refractivity contribution in [3.05, 3.63) is 15.8 Å². The van der Waals surface area contributed by atoms with Crippen molar-refractivity contribution >= 4 is 27.3 Å². The van der Waals surface area contributed by atoms with Crippen molar-refractivity contribution in [2.45, 2.75) is 62.8 Å². The van der Waals surface area contributed by atoms with E-state index in [0.29, 0.717) is 17.7 Å². The second-order valence-electron chi connectivity index (χ2n) is 5.68. The maximum absolute atomic E-state index is 12.6. The lowest BCUT2D eigenvalue weighted by atomic mass is 9.92. The first-order chi connectivity index (χ1) is 9.77. The van der Waals surface area contributed by atoms with E-state index in [1.165, 1.54) is 11.3 Å². The number of hydrogen-bond donors (Lipinski definition) is 2. The quantitative estimate of drug-likeness (QED) is 0.831. The molecular formula is C14H21NO4S2. The number of carbonyl (C=O) groups is 1. The van der Waals surface area contributed by atoms with Crippen LogP contribution in [0.4, 0.5) is 0 Å². The molecule has 0 amide bonds. The molecule has 1 aromatic heterocycles. The Bertz CT molecular complexity index is 625. The molecular weight excluding hydrogens is 310 g/mol. The van der Waals surface area contributed by atoms with Gasteiger partial charge in [0.25, 0.3) is 0 Å². The lowest BCUT2D eigenvalue weighted by Crippen LogP contribution is -2.54. The van der Waals surface area contributed by atoms with Gasteiger partial charge >= 0.3 is 5.97 Å². The van der Waals surface area contributed by atoms with Gasteiger partial charge in [-0.15, -0.1) is 11.3 Å². The minimum Gasteiger partial charge on any atom is -0.480 e. The topological polar surface area (TPSA) is 83.5 Å². The fourth-order valence-electron chi connectivity index (χ4n) is 2.88. The summed E-state index contributed by atoms with van der Waals surface area (Å²) < 4.78 is 27.7. The van der Waals surface area contributed by atoms with Crippen LogP contribution in [-0.4, -0.2) is 25.0 Å². The summed E-state index contributed by atoms with van der Waals surface area (Å²) in [5.74, 6) is -1.07. The van der Waals surface area contributed by atoms with E-state index in [-0.39, 0.29) is 4.90 Å². The number of rotatable bonds is 4. The number of hydrogen-bond acceptors (Lipinski definition) is 4. The summed E-state index contributed by atoms with van der Waals surface area (Å²) >= 11 is 1.40. The Morgan fingerprint density at radius 2 is 1.81 bits per heavy atom. The van der Waals surface area contributed by atoms with Gasteiger partial charge in [0.1, 0.15) is 5.54 Å². The molecule has 0 radical (unpaired) electrons. The first-order valence-electron chi connectivity index (χ1n) is 7.11. The molecule has 21 heavy (non-hydrogen) atoms. The highest BCUT2D eigenvalue weighted by Crippen LogP contribution is 2.31. The zero-order chi connectivity index (χ0) is 15.7. The fraction of sp³-hybridized carbons (Fsp3) is 0.643. The Balaban J connectivity index is 2.36. The molecule has 1 aromatic rings. The second kappa shape index (κ2) is 6.06. The Morgan fingerprint density at radius 1 is 1.24 bits per heavy atom. The first kappa shape index (κ1) is 16.5. The molecule has 0 bridgehead atoms. The normalized spacial score (nSPS) is 19.1. The highest BCUT2D eigenvalue weighted by atomic mass is 32.2. The van der Waals surface area contributed by atoms with Crippen LogP contribution in [0.25, 0.3) is 0 Å². The molecule has 118 valence electrons. The van der Waals surface area contributed by atoms with Gasteiger partial charge in [-0.3, -0.25) is 4.79 Å². The summed E-state index contributed by atoms with van der Waals surface area (Å²) in [6.07, 6.45) is 4.07. The van der Waals surface area contributed by atoms with E-state index < -0.39 is 21.5 Å². The average molecular weight is 331 g/mol. The van der Waals surface area contributed by atoms with E-state index in [0.717, 1.165) is 30.6 Å². The predicted molar refractivity (Wildman–Crippen MR) is 82.2 cm³/mol. The van der Waals surface area contributed by atoms with Crippen molar-refractivity contribution in [2.24, 2.45) is 0 Å². The van der Waals surface area contributed by atoms with E-state index in [2.05, 4.69) is 4.72 Å². The maximum atomic E-state index is 12.6. The van der Waals surface area contributed by atoms with Crippen molar-refractivity contribution in [3.63, 3.8) is 0 Å². The third-order valence-corrected chi connectivity index (χ3v) is 6.74. The summed E-state index contributed by atoms with van der Waals surface area (Å²) in [6, 6.07) is 1.61. The minimum atomic E-state index is -3.81. The molecule has 5 nitrogen and oxygen atoms in total. The third kappa shape index (κ3) is 3.46. The van der Waals surface area contributed by atoms with Crippen LogP contribution in [0.3, 0.4) is 0 Å². The molecule has 1 saturated carbocycles. The lowest BCUT2D eigenvalue weighted by Gasteiger charge is -2.28. The third-order valence-electron chi connectivity index (χ3n) is 3.98. The van der Waals surface area contributed by atoms with Gasteiger partial charge in [0.2, 0.25) is 10.0 Å². The number of aryl methyl sites for hydroxylation is 2. The van der Waals surface area contributed by atoms with Crippen LogP contribution in [0, 0.1) is 13.8 Å². The van der Waals surface area contributed by atoms with Crippen molar-refractivity contribution in [2.75, 3.05) is 0 Å². The number of aliphatic carboxylic acids is 1. The van der Waals surface area contributed by atoms with Gasteiger partial charge in [-0.2, -0.15) is 4.72 Å². The van der Waals surface area contributed by atoms with E-state index in [1.807, 2.05) is 6.92 Å². The van der Waals surface area contributed by atoms with E-state index in [1.54, 1.807) is 13.0 Å². The van der Waals surface area contributed by atoms with Crippen LogP contribution in [-0.2, 0) is 14.8 Å². The van der Waals surface area contributed by atoms with Gasteiger partial charge in [0.15, 0.2) is 0 Å². The van der Waals surface area contributed by atoms with Crippen LogP contribution in [0.5, 0.6) is 0 Å². The number of carboxylic acids is 1. The zero-order valence-electron chi connectivity index (χ0n) is 12.3. The molecule has 0 spiro atoms. The average Bonchev–Trinajstić information content (AvgIpc) is 2.60. The SMILES string of the molecule is Cc1cc(S(=O)(=O)NC2(C(=O)O)CCCCCC2)c(C)s1. The molecule has 1 aliphatic rings. The number of sulfonamides is 1. The van der Waals surface area contributed by atoms with E-state index in [9.17, 15) is 18.3 Å². The Morgan fingerprint density at radius 3 is 2.24 bits per heavy atom. The molecule has 1 fully saturated rings. The van der Waals surface area contributed by atoms with Gasteiger partial charge in [-0.1, -0.05) is 25.7 Å². The summed E-state index contributed by atoms with van der Waals surface area (Å²) in [7, 11) is -3.81. The van der Waals surface area contributed by atoms with Crippen molar-refractivity contribution in [1.29, 1.82) is 0 Å². The number of nitrogens with one attached hydrogen (secondary N) is 1. The summed E-state index contributed by atoms with van der Waals surface area (Å²) in [5.41, 5.74) is -1.36. The van der Waals surface area contributed by atoms with Gasteiger partial charge < -0.3 is 5.11 Å². The van der Waals surface area contributed by atoms with Gasteiger partial charge in [0.05, 0.1) is 4.90 Å². The van der Waals surface area contributed by atoms with Gasteiger partial charge in [0, 0.05) is 9.75 Å². The summed E-state index contributed by atoms with van der Waals surface area (Å²) in [5, 5.41) is 9.57. The Kier molecular flexibility index (Phi) is 4.75. The standard InChI is InChI=1S/C14H21NO4S2/c1-10-9-12(11(2)20-10)21(18,19)15-14(13(16)17)7-5-3-4-6-8-14/h9,15H,3-8H2,1-2H3,(H,16,17). The first-order valence-corrected chi connectivity index (χ1v) is 9.41. The number of thiophene rings is 1. The van der Waals surface area contributed by atoms with E-state index >= 15 is 0 Å². The molecule has 0 saturated heterocycles. The van der Waals surface area contributed by atoms with Crippen LogP contribution in [0.15, 0.2) is 11.0 Å². The Labute approximate surface area is 129 Å². The summed E-state index contributed by atoms with van der Waals surface area (Å²) in [6.45, 7) is 3.59. The highest BCUT2D eigenvalue weighted by Gasteiger charge is 2.42. The molecule has 1 aliphatic carbocycles. The van der Waals surface area contributed by atoms with Crippen LogP contribution in [0.1, 0.15) is 48.3 Å². The molecule has 2 N–H and O–H groups in total. The minimum absolute atomic E-state index is 0.204. The largest absolute Gasteiger partial charge is 0.480 e. The molecule has 1 heterocycles. The molecule has 0 aliphatic heterocycles.